The van der Waals surface area contributed by atoms with Gasteiger partial charge in [0.1, 0.15) is 5.54 Å². The maximum Gasteiger partial charge on any atom is 0.240 e. The maximum atomic E-state index is 12.2. The minimum absolute atomic E-state index is 0.00319. The quantitative estimate of drug-likeness (QED) is 0.741. The fraction of sp³-hybridized carbons (Fsp3) is 0.818. The first-order valence-corrected chi connectivity index (χ1v) is 5.93. The molecule has 1 rings (SSSR count). The van der Waals surface area contributed by atoms with Crippen molar-refractivity contribution in [1.29, 1.82) is 5.26 Å². The van der Waals surface area contributed by atoms with Crippen LogP contribution in [0, 0.1) is 11.3 Å². The molecule has 0 saturated heterocycles. The third-order valence-corrected chi connectivity index (χ3v) is 2.85. The van der Waals surface area contributed by atoms with Crippen molar-refractivity contribution in [2.24, 2.45) is 0 Å². The van der Waals surface area contributed by atoms with E-state index in [2.05, 4.69) is 22.0 Å². The zero-order valence-corrected chi connectivity index (χ0v) is 11.3. The molecule has 0 N–H and O–H groups in total. The van der Waals surface area contributed by atoms with Crippen LogP contribution in [0.4, 0.5) is 0 Å². The minimum Gasteiger partial charge on any atom is -0.320 e. The van der Waals surface area contributed by atoms with Gasteiger partial charge in [-0.3, -0.25) is 4.79 Å². The van der Waals surface area contributed by atoms with Gasteiger partial charge in [0.05, 0.1) is 10.4 Å². The lowest BCUT2D eigenvalue weighted by Gasteiger charge is -2.37. The highest BCUT2D eigenvalue weighted by molar-refractivity contribution is 9.10. The van der Waals surface area contributed by atoms with Crippen molar-refractivity contribution >= 4 is 21.8 Å². The van der Waals surface area contributed by atoms with Gasteiger partial charge >= 0.3 is 0 Å². The highest BCUT2D eigenvalue weighted by Gasteiger charge is 2.45. The molecule has 1 fully saturated rings. The van der Waals surface area contributed by atoms with Crippen LogP contribution in [0.1, 0.15) is 40.5 Å². The van der Waals surface area contributed by atoms with E-state index in [0.29, 0.717) is 0 Å². The highest BCUT2D eigenvalue weighted by atomic mass is 79.9. The monoisotopic (exact) mass is 272 g/mol. The average molecular weight is 273 g/mol. The zero-order chi connectivity index (χ0) is 11.9. The van der Waals surface area contributed by atoms with Gasteiger partial charge in [-0.05, 0) is 40.5 Å². The first kappa shape index (κ1) is 12.5. The Bertz CT molecular complexity index is 308. The van der Waals surface area contributed by atoms with E-state index in [1.54, 1.807) is 18.7 Å². The number of carbonyl (C=O) groups excluding carboxylic acids is 1. The molecular formula is C11H17BrN2O. The minimum atomic E-state index is -0.719. The van der Waals surface area contributed by atoms with Gasteiger partial charge < -0.3 is 4.90 Å². The maximum absolute atomic E-state index is 12.2. The molecular weight excluding hydrogens is 256 g/mol. The van der Waals surface area contributed by atoms with E-state index < -0.39 is 9.86 Å². The van der Waals surface area contributed by atoms with Crippen molar-refractivity contribution < 1.29 is 4.79 Å². The van der Waals surface area contributed by atoms with Crippen molar-refractivity contribution in [3.05, 3.63) is 0 Å². The molecule has 1 aliphatic rings. The number of rotatable bonds is 3. The van der Waals surface area contributed by atoms with Crippen molar-refractivity contribution in [1.82, 2.24) is 4.90 Å². The lowest BCUT2D eigenvalue weighted by Crippen LogP contribution is -2.53. The zero-order valence-electron chi connectivity index (χ0n) is 9.67. The average Bonchev–Trinajstić information content (AvgIpc) is 2.86. The Morgan fingerprint density at radius 3 is 2.13 bits per heavy atom. The van der Waals surface area contributed by atoms with E-state index in [1.807, 2.05) is 13.8 Å². The smallest absolute Gasteiger partial charge is 0.240 e. The highest BCUT2D eigenvalue weighted by Crippen LogP contribution is 2.36. The number of hydrogen-bond donors (Lipinski definition) is 0. The summed E-state index contributed by atoms with van der Waals surface area (Å²) in [5, 5.41) is 9.10. The summed E-state index contributed by atoms with van der Waals surface area (Å²) in [6.45, 7) is 7.22. The van der Waals surface area contributed by atoms with Gasteiger partial charge in [-0.1, -0.05) is 15.9 Å². The summed E-state index contributed by atoms with van der Waals surface area (Å²) >= 11 is 3.36. The second-order valence-corrected chi connectivity index (χ2v) is 7.03. The van der Waals surface area contributed by atoms with Crippen LogP contribution < -0.4 is 0 Å². The van der Waals surface area contributed by atoms with E-state index in [-0.39, 0.29) is 11.9 Å². The molecule has 1 aliphatic carbocycles. The summed E-state index contributed by atoms with van der Waals surface area (Å²) in [7, 11) is 0. The van der Waals surface area contributed by atoms with Crippen LogP contribution in [0.3, 0.4) is 0 Å². The standard InChI is InChI=1S/C11H17BrN2O/c1-10(2,7-13)14(8-5-6-8)9(15)11(3,4)12/h8H,5-6H2,1-4H3. The molecule has 0 unspecified atom stereocenters. The van der Waals surface area contributed by atoms with Crippen molar-refractivity contribution in [3.8, 4) is 6.07 Å². The van der Waals surface area contributed by atoms with Gasteiger partial charge in [0.15, 0.2) is 0 Å². The number of amides is 1. The molecule has 15 heavy (non-hydrogen) atoms. The van der Waals surface area contributed by atoms with Crippen LogP contribution in [-0.2, 0) is 4.79 Å². The summed E-state index contributed by atoms with van der Waals surface area (Å²) < 4.78 is -0.594. The third-order valence-electron chi connectivity index (χ3n) is 2.52. The van der Waals surface area contributed by atoms with E-state index >= 15 is 0 Å². The molecule has 0 aromatic heterocycles. The summed E-state index contributed by atoms with van der Waals surface area (Å²) in [4.78, 5) is 13.9. The molecule has 0 atom stereocenters. The molecule has 84 valence electrons. The van der Waals surface area contributed by atoms with E-state index in [0.717, 1.165) is 12.8 Å². The fourth-order valence-electron chi connectivity index (χ4n) is 1.55. The number of alkyl halides is 1. The van der Waals surface area contributed by atoms with E-state index in [9.17, 15) is 4.79 Å². The Morgan fingerprint density at radius 1 is 1.40 bits per heavy atom. The first-order valence-electron chi connectivity index (χ1n) is 5.14. The second kappa shape index (κ2) is 3.79. The number of carbonyl (C=O) groups is 1. The van der Waals surface area contributed by atoms with Crippen LogP contribution >= 0.6 is 15.9 Å². The van der Waals surface area contributed by atoms with Gasteiger partial charge in [-0.2, -0.15) is 5.26 Å². The molecule has 0 radical (unpaired) electrons. The van der Waals surface area contributed by atoms with Crippen LogP contribution in [0.15, 0.2) is 0 Å². The van der Waals surface area contributed by atoms with Crippen molar-refractivity contribution in [3.63, 3.8) is 0 Å². The predicted molar refractivity (Wildman–Crippen MR) is 62.6 cm³/mol. The SMILES string of the molecule is CC(C)(Br)C(=O)N(C1CC1)C(C)(C)C#N. The Labute approximate surface area is 99.6 Å². The molecule has 0 heterocycles. The first-order chi connectivity index (χ1) is 6.70. The van der Waals surface area contributed by atoms with E-state index in [4.69, 9.17) is 5.26 Å². The number of halogens is 1. The van der Waals surface area contributed by atoms with Gasteiger partial charge in [0.2, 0.25) is 5.91 Å². The molecule has 4 heteroatoms. The lowest BCUT2D eigenvalue weighted by molar-refractivity contribution is -0.137. The third kappa shape index (κ3) is 2.72. The van der Waals surface area contributed by atoms with Crippen molar-refractivity contribution in [2.75, 3.05) is 0 Å². The normalized spacial score (nSPS) is 17.1. The summed E-state index contributed by atoms with van der Waals surface area (Å²) in [5.41, 5.74) is -0.719. The van der Waals surface area contributed by atoms with Crippen LogP contribution in [-0.4, -0.2) is 26.7 Å². The summed E-state index contributed by atoms with van der Waals surface area (Å²) in [6, 6.07) is 2.45. The molecule has 0 bridgehead atoms. The summed E-state index contributed by atoms with van der Waals surface area (Å²) in [5.74, 6) is -0.00319. The molecule has 1 saturated carbocycles. The predicted octanol–water partition coefficient (Wildman–Crippen LogP) is 2.45. The van der Waals surface area contributed by atoms with Crippen molar-refractivity contribution in [2.45, 2.75) is 56.4 Å². The van der Waals surface area contributed by atoms with Gasteiger partial charge in [0, 0.05) is 6.04 Å². The number of hydrogen-bond acceptors (Lipinski definition) is 2. The molecule has 0 aromatic carbocycles. The lowest BCUT2D eigenvalue weighted by atomic mass is 10.0. The van der Waals surface area contributed by atoms with Gasteiger partial charge in [0.25, 0.3) is 0 Å². The number of nitriles is 1. The Balaban J connectivity index is 2.95. The number of nitrogens with zero attached hydrogens (tertiary/aromatic N) is 2. The molecule has 0 spiro atoms. The van der Waals surface area contributed by atoms with Crippen LogP contribution in [0.2, 0.25) is 0 Å². The van der Waals surface area contributed by atoms with Gasteiger partial charge in [-0.25, -0.2) is 0 Å². The largest absolute Gasteiger partial charge is 0.320 e. The second-order valence-electron chi connectivity index (χ2n) is 5.05. The van der Waals surface area contributed by atoms with Crippen LogP contribution in [0.25, 0.3) is 0 Å². The molecule has 1 amide bonds. The van der Waals surface area contributed by atoms with Gasteiger partial charge in [-0.15, -0.1) is 0 Å². The topological polar surface area (TPSA) is 44.1 Å². The summed E-state index contributed by atoms with van der Waals surface area (Å²) in [6.07, 6.45) is 2.03. The van der Waals surface area contributed by atoms with Crippen LogP contribution in [0.5, 0.6) is 0 Å². The Morgan fingerprint density at radius 2 is 1.87 bits per heavy atom. The Kier molecular flexibility index (Phi) is 3.16. The Hall–Kier alpha value is -0.560. The molecule has 0 aliphatic heterocycles. The molecule has 3 nitrogen and oxygen atoms in total. The molecule has 0 aromatic rings. The fourth-order valence-corrected chi connectivity index (χ4v) is 1.74. The van der Waals surface area contributed by atoms with E-state index in [1.165, 1.54) is 0 Å².